The molecule has 0 aliphatic rings. The summed E-state index contributed by atoms with van der Waals surface area (Å²) in [4.78, 5) is 22.1. The van der Waals surface area contributed by atoms with E-state index < -0.39 is 24.6 Å². The molecule has 0 aliphatic carbocycles. The minimum Gasteiger partial charge on any atom is -0.480 e. The number of carbonyl (C=O) groups is 2. The first-order valence-electron chi connectivity index (χ1n) is 5.42. The van der Waals surface area contributed by atoms with Crippen LogP contribution in [0.1, 0.15) is 11.1 Å². The van der Waals surface area contributed by atoms with E-state index in [2.05, 4.69) is 10.6 Å². The fourth-order valence-electron chi connectivity index (χ4n) is 1.33. The second-order valence-electron chi connectivity index (χ2n) is 3.97. The summed E-state index contributed by atoms with van der Waals surface area (Å²) in [5, 5.41) is 22.1. The summed E-state index contributed by atoms with van der Waals surface area (Å²) < 4.78 is 0. The van der Waals surface area contributed by atoms with Gasteiger partial charge in [0.2, 0.25) is 0 Å². The van der Waals surface area contributed by atoms with Gasteiger partial charge in [0.15, 0.2) is 6.04 Å². The number of benzene rings is 1. The van der Waals surface area contributed by atoms with Crippen molar-refractivity contribution in [2.45, 2.75) is 19.9 Å². The van der Waals surface area contributed by atoms with Crippen LogP contribution in [-0.4, -0.2) is 34.9 Å². The molecule has 1 atom stereocenters. The first-order valence-corrected chi connectivity index (χ1v) is 5.42. The molecule has 0 fully saturated rings. The Labute approximate surface area is 105 Å². The summed E-state index contributed by atoms with van der Waals surface area (Å²) in [7, 11) is 0. The largest absolute Gasteiger partial charge is 0.480 e. The maximum Gasteiger partial charge on any atom is 0.328 e. The molecule has 0 saturated carbocycles. The number of carboxylic acid groups (broad SMARTS) is 1. The predicted molar refractivity (Wildman–Crippen MR) is 66.6 cm³/mol. The van der Waals surface area contributed by atoms with Crippen molar-refractivity contribution >= 4 is 17.7 Å². The van der Waals surface area contributed by atoms with Gasteiger partial charge in [-0.25, -0.2) is 9.59 Å². The Morgan fingerprint density at radius 3 is 2.44 bits per heavy atom. The van der Waals surface area contributed by atoms with Gasteiger partial charge in [0.25, 0.3) is 0 Å². The third-order valence-corrected chi connectivity index (χ3v) is 2.55. The SMILES string of the molecule is Cc1ccc(NC(=O)N[C@H](CO)C(=O)O)cc1C. The maximum atomic E-state index is 11.5. The van der Waals surface area contributed by atoms with Gasteiger partial charge in [-0.15, -0.1) is 0 Å². The van der Waals surface area contributed by atoms with E-state index in [9.17, 15) is 9.59 Å². The molecule has 0 aliphatic heterocycles. The number of aliphatic carboxylic acids is 1. The molecule has 6 nitrogen and oxygen atoms in total. The third-order valence-electron chi connectivity index (χ3n) is 2.55. The quantitative estimate of drug-likeness (QED) is 0.639. The van der Waals surface area contributed by atoms with Crippen LogP contribution in [0.2, 0.25) is 0 Å². The van der Waals surface area contributed by atoms with Crippen molar-refractivity contribution in [2.75, 3.05) is 11.9 Å². The second-order valence-corrected chi connectivity index (χ2v) is 3.97. The molecule has 0 radical (unpaired) electrons. The van der Waals surface area contributed by atoms with Crippen LogP contribution in [0.15, 0.2) is 18.2 Å². The highest BCUT2D eigenvalue weighted by molar-refractivity contribution is 5.92. The van der Waals surface area contributed by atoms with Crippen molar-refractivity contribution in [3.63, 3.8) is 0 Å². The first-order chi connectivity index (χ1) is 8.43. The molecule has 1 aromatic carbocycles. The van der Waals surface area contributed by atoms with E-state index in [4.69, 9.17) is 10.2 Å². The van der Waals surface area contributed by atoms with Crippen LogP contribution in [0.3, 0.4) is 0 Å². The van der Waals surface area contributed by atoms with Crippen molar-refractivity contribution in [2.24, 2.45) is 0 Å². The van der Waals surface area contributed by atoms with Gasteiger partial charge >= 0.3 is 12.0 Å². The summed E-state index contributed by atoms with van der Waals surface area (Å²) in [6.07, 6.45) is 0. The van der Waals surface area contributed by atoms with E-state index in [1.807, 2.05) is 19.9 Å². The van der Waals surface area contributed by atoms with E-state index in [0.717, 1.165) is 11.1 Å². The number of hydrogen-bond donors (Lipinski definition) is 4. The van der Waals surface area contributed by atoms with Gasteiger partial charge in [-0.1, -0.05) is 6.07 Å². The number of urea groups is 1. The van der Waals surface area contributed by atoms with Crippen LogP contribution in [-0.2, 0) is 4.79 Å². The molecule has 0 aromatic heterocycles. The van der Waals surface area contributed by atoms with E-state index in [0.29, 0.717) is 5.69 Å². The first kappa shape index (κ1) is 14.0. The number of anilines is 1. The van der Waals surface area contributed by atoms with Crippen molar-refractivity contribution < 1.29 is 19.8 Å². The molecular weight excluding hydrogens is 236 g/mol. The zero-order chi connectivity index (χ0) is 13.7. The van der Waals surface area contributed by atoms with Gasteiger partial charge in [-0.3, -0.25) is 0 Å². The number of amides is 2. The lowest BCUT2D eigenvalue weighted by atomic mass is 10.1. The number of rotatable bonds is 4. The standard InChI is InChI=1S/C12H16N2O4/c1-7-3-4-9(5-8(7)2)13-12(18)14-10(6-15)11(16)17/h3-5,10,15H,6H2,1-2H3,(H,16,17)(H2,13,14,18)/t10-/m1/s1. The average Bonchev–Trinajstić information content (AvgIpc) is 2.30. The summed E-state index contributed by atoms with van der Waals surface area (Å²) in [6.45, 7) is 3.20. The lowest BCUT2D eigenvalue weighted by Crippen LogP contribution is -2.45. The molecule has 0 heterocycles. The topological polar surface area (TPSA) is 98.7 Å². The normalized spacial score (nSPS) is 11.7. The van der Waals surface area contributed by atoms with Crippen molar-refractivity contribution in [3.05, 3.63) is 29.3 Å². The fourth-order valence-corrected chi connectivity index (χ4v) is 1.33. The van der Waals surface area contributed by atoms with Crippen LogP contribution in [0.25, 0.3) is 0 Å². The summed E-state index contributed by atoms with van der Waals surface area (Å²) >= 11 is 0. The van der Waals surface area contributed by atoms with E-state index in [-0.39, 0.29) is 0 Å². The lowest BCUT2D eigenvalue weighted by Gasteiger charge is -2.13. The van der Waals surface area contributed by atoms with Gasteiger partial charge in [0.1, 0.15) is 0 Å². The molecule has 2 amide bonds. The summed E-state index contributed by atoms with van der Waals surface area (Å²) in [5.41, 5.74) is 2.68. The van der Waals surface area contributed by atoms with Gasteiger partial charge in [0, 0.05) is 5.69 Å². The van der Waals surface area contributed by atoms with Gasteiger partial charge < -0.3 is 20.8 Å². The van der Waals surface area contributed by atoms with Crippen molar-refractivity contribution in [1.82, 2.24) is 5.32 Å². The molecule has 6 heteroatoms. The van der Waals surface area contributed by atoms with Crippen LogP contribution < -0.4 is 10.6 Å². The monoisotopic (exact) mass is 252 g/mol. The Morgan fingerprint density at radius 2 is 1.94 bits per heavy atom. The molecule has 98 valence electrons. The molecule has 1 rings (SSSR count). The highest BCUT2D eigenvalue weighted by atomic mass is 16.4. The van der Waals surface area contributed by atoms with E-state index in [1.165, 1.54) is 0 Å². The molecule has 4 N–H and O–H groups in total. The van der Waals surface area contributed by atoms with Crippen LogP contribution in [0, 0.1) is 13.8 Å². The summed E-state index contributed by atoms with van der Waals surface area (Å²) in [5.74, 6) is -1.28. The number of aliphatic hydroxyl groups is 1. The third kappa shape index (κ3) is 3.74. The Kier molecular flexibility index (Phi) is 4.67. The highest BCUT2D eigenvalue weighted by Gasteiger charge is 2.18. The van der Waals surface area contributed by atoms with Crippen molar-refractivity contribution in [1.29, 1.82) is 0 Å². The Bertz CT molecular complexity index is 459. The number of carboxylic acids is 1. The fraction of sp³-hybridized carbons (Fsp3) is 0.333. The predicted octanol–water partition coefficient (Wildman–Crippen LogP) is 0.870. The number of hydrogen-bond acceptors (Lipinski definition) is 3. The van der Waals surface area contributed by atoms with E-state index in [1.54, 1.807) is 12.1 Å². The number of carbonyl (C=O) groups excluding carboxylic acids is 1. The Balaban J connectivity index is 2.64. The van der Waals surface area contributed by atoms with Gasteiger partial charge in [-0.05, 0) is 37.1 Å². The van der Waals surface area contributed by atoms with Gasteiger partial charge in [-0.2, -0.15) is 0 Å². The average molecular weight is 252 g/mol. The zero-order valence-electron chi connectivity index (χ0n) is 10.2. The van der Waals surface area contributed by atoms with Crippen molar-refractivity contribution in [3.8, 4) is 0 Å². The highest BCUT2D eigenvalue weighted by Crippen LogP contribution is 2.13. The van der Waals surface area contributed by atoms with Crippen LogP contribution in [0.5, 0.6) is 0 Å². The molecule has 0 bridgehead atoms. The molecule has 0 spiro atoms. The molecular formula is C12H16N2O4. The minimum absolute atomic E-state index is 0.567. The van der Waals surface area contributed by atoms with E-state index >= 15 is 0 Å². The van der Waals surface area contributed by atoms with Crippen LogP contribution in [0.4, 0.5) is 10.5 Å². The maximum absolute atomic E-state index is 11.5. The molecule has 1 aromatic rings. The smallest absolute Gasteiger partial charge is 0.328 e. The van der Waals surface area contributed by atoms with Gasteiger partial charge in [0.05, 0.1) is 6.61 Å². The number of aliphatic hydroxyl groups excluding tert-OH is 1. The molecule has 18 heavy (non-hydrogen) atoms. The second kappa shape index (κ2) is 6.02. The Morgan fingerprint density at radius 1 is 1.28 bits per heavy atom. The summed E-state index contributed by atoms with van der Waals surface area (Å²) in [6, 6.07) is 3.38. The molecule has 0 unspecified atom stereocenters. The Hall–Kier alpha value is -2.08. The zero-order valence-corrected chi connectivity index (χ0v) is 10.2. The number of nitrogens with one attached hydrogen (secondary N) is 2. The molecule has 0 saturated heterocycles. The number of aryl methyl sites for hydroxylation is 2. The van der Waals surface area contributed by atoms with Crippen LogP contribution >= 0.6 is 0 Å². The minimum atomic E-state index is -1.31. The lowest BCUT2D eigenvalue weighted by molar-refractivity contribution is -0.140.